The number of oxazole rings is 2. The van der Waals surface area contributed by atoms with Crippen molar-refractivity contribution in [1.82, 2.24) is 30.4 Å². The number of ether oxygens (including phenoxy) is 2. The Morgan fingerprint density at radius 3 is 1.36 bits per heavy atom. The van der Waals surface area contributed by atoms with Crippen molar-refractivity contribution >= 4 is 46.2 Å². The van der Waals surface area contributed by atoms with E-state index in [0.29, 0.717) is 59.9 Å². The Labute approximate surface area is 324 Å². The summed E-state index contributed by atoms with van der Waals surface area (Å²) in [5, 5.41) is 5.36. The van der Waals surface area contributed by atoms with Crippen LogP contribution in [0.4, 0.5) is 9.59 Å². The molecule has 5 aromatic rings. The molecule has 0 unspecified atom stereocenters. The van der Waals surface area contributed by atoms with Crippen molar-refractivity contribution < 1.29 is 37.5 Å². The Bertz CT molecular complexity index is 2090. The Morgan fingerprint density at radius 2 is 1.00 bits per heavy atom. The molecule has 2 N–H and O–H groups in total. The molecule has 4 atom stereocenters. The number of benzene rings is 3. The zero-order chi connectivity index (χ0) is 39.7. The number of aromatic nitrogens is 2. The Balaban J connectivity index is 1.06. The van der Waals surface area contributed by atoms with E-state index in [9.17, 15) is 19.2 Å². The number of nitrogens with one attached hydrogen (secondary N) is 2. The number of fused-ring (bicyclic) bond motifs is 2. The Hall–Kier alpha value is -5.92. The highest BCUT2D eigenvalue weighted by atomic mass is 16.5. The highest BCUT2D eigenvalue weighted by Crippen LogP contribution is 2.37. The summed E-state index contributed by atoms with van der Waals surface area (Å²) < 4.78 is 21.9. The van der Waals surface area contributed by atoms with Crippen LogP contribution in [0.1, 0.15) is 77.2 Å². The first-order valence-corrected chi connectivity index (χ1v) is 19.2. The minimum absolute atomic E-state index is 0.132. The second-order valence-corrected chi connectivity index (χ2v) is 15.1. The number of carbonyl (C=O) groups excluding carboxylic acids is 4. The van der Waals surface area contributed by atoms with E-state index in [1.807, 2.05) is 64.1 Å². The van der Waals surface area contributed by atoms with Gasteiger partial charge in [0.05, 0.1) is 14.2 Å². The van der Waals surface area contributed by atoms with Gasteiger partial charge in [0.1, 0.15) is 35.2 Å². The third-order valence-electron chi connectivity index (χ3n) is 10.8. The maximum Gasteiger partial charge on any atom is 0.407 e. The van der Waals surface area contributed by atoms with Crippen LogP contribution in [-0.4, -0.2) is 83.2 Å². The van der Waals surface area contributed by atoms with Crippen LogP contribution in [0, 0.1) is 11.8 Å². The predicted molar refractivity (Wildman–Crippen MR) is 208 cm³/mol. The fourth-order valence-corrected chi connectivity index (χ4v) is 7.72. The quantitative estimate of drug-likeness (QED) is 0.146. The Morgan fingerprint density at radius 1 is 0.625 bits per heavy atom. The van der Waals surface area contributed by atoms with Crippen LogP contribution in [0.15, 0.2) is 69.5 Å². The number of rotatable bonds is 10. The number of likely N-dealkylation sites (tertiary alicyclic amines) is 2. The summed E-state index contributed by atoms with van der Waals surface area (Å²) in [6.07, 6.45) is 1.75. The molecule has 2 aliphatic rings. The third-order valence-corrected chi connectivity index (χ3v) is 10.8. The van der Waals surface area contributed by atoms with E-state index in [1.165, 1.54) is 14.2 Å². The van der Waals surface area contributed by atoms with Crippen LogP contribution >= 0.6 is 0 Å². The highest BCUT2D eigenvalue weighted by molar-refractivity contribution is 5.88. The van der Waals surface area contributed by atoms with Crippen molar-refractivity contribution in [2.24, 2.45) is 11.8 Å². The second-order valence-electron chi connectivity index (χ2n) is 15.1. The van der Waals surface area contributed by atoms with Crippen molar-refractivity contribution in [3.8, 4) is 22.3 Å². The molecule has 0 aliphatic carbocycles. The molecule has 0 saturated carbocycles. The highest BCUT2D eigenvalue weighted by Gasteiger charge is 2.40. The van der Waals surface area contributed by atoms with Crippen LogP contribution in [0.5, 0.6) is 0 Å². The molecule has 0 bridgehead atoms. The van der Waals surface area contributed by atoms with Gasteiger partial charge in [0.15, 0.2) is 11.2 Å². The van der Waals surface area contributed by atoms with Gasteiger partial charge in [-0.3, -0.25) is 9.59 Å². The van der Waals surface area contributed by atoms with E-state index in [-0.39, 0.29) is 35.7 Å². The lowest BCUT2D eigenvalue weighted by atomic mass is 10.00. The normalized spacial score (nSPS) is 18.1. The lowest BCUT2D eigenvalue weighted by molar-refractivity contribution is -0.136. The summed E-state index contributed by atoms with van der Waals surface area (Å²) in [6, 6.07) is 17.9. The van der Waals surface area contributed by atoms with Gasteiger partial charge < -0.3 is 38.7 Å². The summed E-state index contributed by atoms with van der Waals surface area (Å²) >= 11 is 0. The first kappa shape index (κ1) is 38.4. The van der Waals surface area contributed by atoms with E-state index in [2.05, 4.69) is 34.9 Å². The average molecular weight is 765 g/mol. The van der Waals surface area contributed by atoms with Gasteiger partial charge in [0.25, 0.3) is 0 Å². The summed E-state index contributed by atoms with van der Waals surface area (Å²) in [5.74, 6) is 0.331. The predicted octanol–water partition coefficient (Wildman–Crippen LogP) is 7.39. The SMILES string of the molecule is COC(=O)N[C@H](C(=O)N1CCC[C@H]1c1nc2cc(-c3ccc(-c4ccc5oc([C@@H]6CCCN6C(=O)[C@@H](NC(=O)OC)C(C)C)nc5c4)cc3)ccc2o1)C(C)C. The molecule has 0 radical (unpaired) electrons. The van der Waals surface area contributed by atoms with Crippen LogP contribution < -0.4 is 10.6 Å². The minimum atomic E-state index is -0.723. The zero-order valence-corrected chi connectivity index (χ0v) is 32.5. The lowest BCUT2D eigenvalue weighted by Gasteiger charge is -2.29. The summed E-state index contributed by atoms with van der Waals surface area (Å²) in [7, 11) is 2.56. The molecule has 2 aliphatic heterocycles. The smallest absolute Gasteiger partial charge is 0.407 e. The molecule has 2 saturated heterocycles. The number of carbonyl (C=O) groups is 4. The monoisotopic (exact) mass is 764 g/mol. The van der Waals surface area contributed by atoms with Gasteiger partial charge in [0, 0.05) is 13.1 Å². The number of alkyl carbamates (subject to hydrolysis) is 2. The van der Waals surface area contributed by atoms with Gasteiger partial charge in [-0.15, -0.1) is 0 Å². The number of amides is 4. The molecular weight excluding hydrogens is 716 g/mol. The van der Waals surface area contributed by atoms with E-state index in [4.69, 9.17) is 28.3 Å². The zero-order valence-electron chi connectivity index (χ0n) is 32.5. The van der Waals surface area contributed by atoms with E-state index >= 15 is 0 Å². The van der Waals surface area contributed by atoms with Crippen molar-refractivity contribution in [3.05, 3.63) is 72.4 Å². The molecule has 4 amide bonds. The largest absolute Gasteiger partial charge is 0.453 e. The van der Waals surface area contributed by atoms with Crippen LogP contribution in [0.2, 0.25) is 0 Å². The maximum absolute atomic E-state index is 13.6. The molecule has 2 aromatic heterocycles. The van der Waals surface area contributed by atoms with Crippen molar-refractivity contribution in [3.63, 3.8) is 0 Å². The summed E-state index contributed by atoms with van der Waals surface area (Å²) in [4.78, 5) is 64.3. The molecule has 0 spiro atoms. The number of methoxy groups -OCH3 is 2. The molecular formula is C42H48N6O8. The molecule has 14 heteroatoms. The Kier molecular flexibility index (Phi) is 11.0. The van der Waals surface area contributed by atoms with Crippen LogP contribution in [0.25, 0.3) is 44.5 Å². The third kappa shape index (κ3) is 7.64. The van der Waals surface area contributed by atoms with Crippen molar-refractivity contribution in [2.45, 2.75) is 77.5 Å². The summed E-state index contributed by atoms with van der Waals surface area (Å²) in [6.45, 7) is 8.64. The van der Waals surface area contributed by atoms with Crippen LogP contribution in [0.3, 0.4) is 0 Å². The number of hydrogen-bond donors (Lipinski definition) is 2. The molecule has 7 rings (SSSR count). The van der Waals surface area contributed by atoms with Gasteiger partial charge >= 0.3 is 12.2 Å². The van der Waals surface area contributed by atoms with E-state index in [1.54, 1.807) is 9.80 Å². The van der Waals surface area contributed by atoms with Gasteiger partial charge in [-0.05, 0) is 84.0 Å². The van der Waals surface area contributed by atoms with Crippen molar-refractivity contribution in [2.75, 3.05) is 27.3 Å². The van der Waals surface area contributed by atoms with Gasteiger partial charge in [-0.25, -0.2) is 19.6 Å². The fourth-order valence-electron chi connectivity index (χ4n) is 7.72. The first-order valence-electron chi connectivity index (χ1n) is 19.2. The average Bonchev–Trinajstić information content (AvgIpc) is 4.03. The van der Waals surface area contributed by atoms with Gasteiger partial charge in [-0.1, -0.05) is 64.1 Å². The van der Waals surface area contributed by atoms with E-state index < -0.39 is 24.3 Å². The first-order chi connectivity index (χ1) is 26.9. The standard InChI is InChI=1S/C42H48N6O8/c1-23(2)35(45-41(51)53-5)39(49)47-19-7-9-31(47)37-43-29-21-27(15-17-33(29)55-37)25-11-13-26(14-12-25)28-16-18-34-30(22-28)44-38(56-34)32-10-8-20-48(32)40(50)36(24(3)4)46-42(52)54-6/h11-18,21-24,31-32,35-36H,7-10,19-20H2,1-6H3,(H,45,51)(H,46,52)/t31-,32-,35-,36-/m0/s1. The number of nitrogens with zero attached hydrogens (tertiary/aromatic N) is 4. The summed E-state index contributed by atoms with van der Waals surface area (Å²) in [5.41, 5.74) is 6.61. The second kappa shape index (κ2) is 16.0. The number of hydrogen-bond acceptors (Lipinski definition) is 10. The lowest BCUT2D eigenvalue weighted by Crippen LogP contribution is -2.51. The molecule has 294 valence electrons. The van der Waals surface area contributed by atoms with Gasteiger partial charge in [-0.2, -0.15) is 0 Å². The van der Waals surface area contributed by atoms with Gasteiger partial charge in [0.2, 0.25) is 23.6 Å². The topological polar surface area (TPSA) is 169 Å². The minimum Gasteiger partial charge on any atom is -0.453 e. The molecule has 56 heavy (non-hydrogen) atoms. The molecule has 14 nitrogen and oxygen atoms in total. The van der Waals surface area contributed by atoms with Crippen LogP contribution in [-0.2, 0) is 19.1 Å². The molecule has 2 fully saturated rings. The molecule has 3 aromatic carbocycles. The molecule has 4 heterocycles. The van der Waals surface area contributed by atoms with Crippen molar-refractivity contribution in [1.29, 1.82) is 0 Å². The maximum atomic E-state index is 13.6. The fraction of sp³-hybridized carbons (Fsp3) is 0.429. The van der Waals surface area contributed by atoms with E-state index in [0.717, 1.165) is 35.1 Å².